The molecule has 1 unspecified atom stereocenters. The summed E-state index contributed by atoms with van der Waals surface area (Å²) < 4.78 is 32.6. The Kier molecular flexibility index (Phi) is 6.49. The summed E-state index contributed by atoms with van der Waals surface area (Å²) in [5.74, 6) is 0.676. The van der Waals surface area contributed by atoms with Crippen molar-refractivity contribution in [1.82, 2.24) is 4.31 Å². The molecule has 1 atom stereocenters. The van der Waals surface area contributed by atoms with Crippen LogP contribution in [-0.4, -0.2) is 38.0 Å². The molecule has 1 aliphatic heterocycles. The molecule has 7 heteroatoms. The van der Waals surface area contributed by atoms with Gasteiger partial charge in [-0.2, -0.15) is 4.31 Å². The first kappa shape index (κ1) is 20.2. The van der Waals surface area contributed by atoms with Crippen molar-refractivity contribution in [2.75, 3.05) is 13.1 Å². The van der Waals surface area contributed by atoms with Crippen molar-refractivity contribution >= 4 is 22.4 Å². The number of halogens is 1. The fourth-order valence-electron chi connectivity index (χ4n) is 2.64. The molecule has 0 radical (unpaired) electrons. The molecule has 1 saturated heterocycles. The summed E-state index contributed by atoms with van der Waals surface area (Å²) in [6.45, 7) is 8.81. The lowest BCUT2D eigenvalue weighted by Crippen LogP contribution is -2.53. The maximum absolute atomic E-state index is 12.8. The number of ether oxygens (including phenoxy) is 1. The Morgan fingerprint density at radius 1 is 1.26 bits per heavy atom. The lowest BCUT2D eigenvalue weighted by atomic mass is 9.81. The summed E-state index contributed by atoms with van der Waals surface area (Å²) in [5.41, 5.74) is 5.87. The number of sulfonamides is 1. The molecule has 0 saturated carbocycles. The molecule has 0 spiro atoms. The summed E-state index contributed by atoms with van der Waals surface area (Å²) in [6.07, 6.45) is 0.743. The molecule has 1 heterocycles. The number of nitrogens with two attached hydrogens (primary N) is 1. The van der Waals surface area contributed by atoms with Gasteiger partial charge in [-0.25, -0.2) is 8.42 Å². The summed E-state index contributed by atoms with van der Waals surface area (Å²) in [5, 5.41) is 0. The van der Waals surface area contributed by atoms with E-state index < -0.39 is 10.0 Å². The van der Waals surface area contributed by atoms with Gasteiger partial charge in [-0.15, -0.1) is 12.4 Å². The van der Waals surface area contributed by atoms with Crippen LogP contribution in [0.5, 0.6) is 5.75 Å². The van der Waals surface area contributed by atoms with E-state index in [1.807, 2.05) is 27.7 Å². The molecule has 2 N–H and O–H groups in total. The molecular weight excluding hydrogens is 336 g/mol. The van der Waals surface area contributed by atoms with Crippen molar-refractivity contribution < 1.29 is 13.2 Å². The molecule has 0 aliphatic carbocycles. The largest absolute Gasteiger partial charge is 0.491 e. The summed E-state index contributed by atoms with van der Waals surface area (Å²) in [6, 6.07) is 6.64. The zero-order chi connectivity index (χ0) is 16.5. The van der Waals surface area contributed by atoms with E-state index in [-0.39, 0.29) is 30.0 Å². The summed E-state index contributed by atoms with van der Waals surface area (Å²) >= 11 is 0. The van der Waals surface area contributed by atoms with Gasteiger partial charge in [0.2, 0.25) is 10.0 Å². The fourth-order valence-corrected chi connectivity index (χ4v) is 4.27. The normalized spacial score (nSPS) is 21.7. The smallest absolute Gasteiger partial charge is 0.243 e. The van der Waals surface area contributed by atoms with Crippen molar-refractivity contribution in [3.63, 3.8) is 0 Å². The molecular formula is C16H27ClN2O3S. The quantitative estimate of drug-likeness (QED) is 0.893. The minimum absolute atomic E-state index is 0. The number of nitrogens with zero attached hydrogens (tertiary/aromatic N) is 1. The zero-order valence-corrected chi connectivity index (χ0v) is 15.8. The Morgan fingerprint density at radius 3 is 2.30 bits per heavy atom. The first-order valence-corrected chi connectivity index (χ1v) is 9.09. The number of rotatable bonds is 4. The molecule has 1 aromatic carbocycles. The maximum Gasteiger partial charge on any atom is 0.243 e. The summed E-state index contributed by atoms with van der Waals surface area (Å²) in [4.78, 5) is 0.301. The van der Waals surface area contributed by atoms with Crippen LogP contribution in [-0.2, 0) is 10.0 Å². The molecule has 0 bridgehead atoms. The van der Waals surface area contributed by atoms with E-state index in [1.54, 1.807) is 24.3 Å². The minimum Gasteiger partial charge on any atom is -0.491 e. The van der Waals surface area contributed by atoms with Crippen molar-refractivity contribution in [1.29, 1.82) is 0 Å². The van der Waals surface area contributed by atoms with Crippen LogP contribution in [0.3, 0.4) is 0 Å². The first-order chi connectivity index (χ1) is 10.1. The Hall–Kier alpha value is -0.820. The van der Waals surface area contributed by atoms with E-state index >= 15 is 0 Å². The van der Waals surface area contributed by atoms with Crippen molar-refractivity contribution in [3.8, 4) is 5.75 Å². The minimum atomic E-state index is -3.48. The molecule has 0 amide bonds. The Balaban J connectivity index is 0.00000264. The van der Waals surface area contributed by atoms with E-state index in [4.69, 9.17) is 10.5 Å². The molecule has 132 valence electrons. The Labute approximate surface area is 145 Å². The lowest BCUT2D eigenvalue weighted by molar-refractivity contribution is 0.155. The standard InChI is InChI=1S/C16H26N2O3S.ClH/c1-12(2)21-13-5-7-14(8-6-13)22(19,20)18-10-9-15(17)16(3,4)11-18;/h5-8,12,15H,9-11,17H2,1-4H3;1H. The van der Waals surface area contributed by atoms with Crippen molar-refractivity contribution in [3.05, 3.63) is 24.3 Å². The highest BCUT2D eigenvalue weighted by Gasteiger charge is 2.38. The van der Waals surface area contributed by atoms with Gasteiger partial charge in [-0.1, -0.05) is 13.8 Å². The number of hydrogen-bond donors (Lipinski definition) is 1. The van der Waals surface area contributed by atoms with E-state index in [1.165, 1.54) is 4.31 Å². The van der Waals surface area contributed by atoms with E-state index in [0.29, 0.717) is 30.2 Å². The lowest BCUT2D eigenvalue weighted by Gasteiger charge is -2.41. The van der Waals surface area contributed by atoms with Crippen LogP contribution in [0.2, 0.25) is 0 Å². The number of hydrogen-bond acceptors (Lipinski definition) is 4. The van der Waals surface area contributed by atoms with Gasteiger partial charge in [-0.05, 0) is 49.9 Å². The summed E-state index contributed by atoms with van der Waals surface area (Å²) in [7, 11) is -3.48. The fraction of sp³-hybridized carbons (Fsp3) is 0.625. The average molecular weight is 363 g/mol. The molecule has 5 nitrogen and oxygen atoms in total. The Bertz CT molecular complexity index is 615. The molecule has 1 aromatic rings. The third kappa shape index (κ3) is 4.59. The topological polar surface area (TPSA) is 72.6 Å². The predicted molar refractivity (Wildman–Crippen MR) is 94.6 cm³/mol. The zero-order valence-electron chi connectivity index (χ0n) is 14.2. The van der Waals surface area contributed by atoms with E-state index in [9.17, 15) is 8.42 Å². The molecule has 1 aliphatic rings. The SMILES string of the molecule is CC(C)Oc1ccc(S(=O)(=O)N2CCC(N)C(C)(C)C2)cc1.Cl. The van der Waals surface area contributed by atoms with Crippen molar-refractivity contribution in [2.24, 2.45) is 11.1 Å². The first-order valence-electron chi connectivity index (χ1n) is 7.65. The van der Waals surface area contributed by atoms with Gasteiger partial charge in [-0.3, -0.25) is 0 Å². The Morgan fingerprint density at radius 2 is 1.83 bits per heavy atom. The van der Waals surface area contributed by atoms with Crippen LogP contribution in [0, 0.1) is 5.41 Å². The van der Waals surface area contributed by atoms with Gasteiger partial charge in [0.05, 0.1) is 11.0 Å². The predicted octanol–water partition coefficient (Wildman–Crippen LogP) is 2.64. The number of benzene rings is 1. The van der Waals surface area contributed by atoms with Crippen LogP contribution in [0.1, 0.15) is 34.1 Å². The maximum atomic E-state index is 12.8. The number of piperidine rings is 1. The van der Waals surface area contributed by atoms with Crippen LogP contribution >= 0.6 is 12.4 Å². The second kappa shape index (κ2) is 7.38. The molecule has 23 heavy (non-hydrogen) atoms. The van der Waals surface area contributed by atoms with Crippen molar-refractivity contribution in [2.45, 2.75) is 51.2 Å². The van der Waals surface area contributed by atoms with Crippen LogP contribution < -0.4 is 10.5 Å². The van der Waals surface area contributed by atoms with Gasteiger partial charge in [0, 0.05) is 19.1 Å². The van der Waals surface area contributed by atoms with Gasteiger partial charge in [0.15, 0.2) is 0 Å². The third-order valence-corrected chi connectivity index (χ3v) is 5.97. The highest BCUT2D eigenvalue weighted by Crippen LogP contribution is 2.31. The van der Waals surface area contributed by atoms with E-state index in [2.05, 4.69) is 0 Å². The highest BCUT2D eigenvalue weighted by atomic mass is 35.5. The van der Waals surface area contributed by atoms with Crippen LogP contribution in [0.15, 0.2) is 29.2 Å². The van der Waals surface area contributed by atoms with E-state index in [0.717, 1.165) is 0 Å². The van der Waals surface area contributed by atoms with Crippen LogP contribution in [0.25, 0.3) is 0 Å². The second-order valence-corrected chi connectivity index (χ2v) is 8.80. The van der Waals surface area contributed by atoms with Gasteiger partial charge < -0.3 is 10.5 Å². The van der Waals surface area contributed by atoms with Gasteiger partial charge in [0.1, 0.15) is 5.75 Å². The van der Waals surface area contributed by atoms with Crippen LogP contribution in [0.4, 0.5) is 0 Å². The molecule has 0 aromatic heterocycles. The molecule has 1 fully saturated rings. The van der Waals surface area contributed by atoms with Gasteiger partial charge in [0.25, 0.3) is 0 Å². The average Bonchev–Trinajstić information content (AvgIpc) is 2.41. The monoisotopic (exact) mass is 362 g/mol. The van der Waals surface area contributed by atoms with Gasteiger partial charge >= 0.3 is 0 Å². The highest BCUT2D eigenvalue weighted by molar-refractivity contribution is 7.89. The second-order valence-electron chi connectivity index (χ2n) is 6.86. The third-order valence-electron chi connectivity index (χ3n) is 4.11. The molecule has 2 rings (SSSR count).